The summed E-state index contributed by atoms with van der Waals surface area (Å²) in [6.45, 7) is 6.02. The topological polar surface area (TPSA) is 36.7 Å². The average Bonchev–Trinajstić information content (AvgIpc) is 2.19. The fraction of sp³-hybridized carbons (Fsp3) is 0.231. The highest BCUT2D eigenvalue weighted by Gasteiger charge is 2.05. The van der Waals surface area contributed by atoms with Gasteiger partial charge in [0, 0.05) is 11.1 Å². The molecule has 0 aliphatic heterocycles. The number of nitrogens with zero attached hydrogens (tertiary/aromatic N) is 2. The van der Waals surface area contributed by atoms with Gasteiger partial charge in [-0.2, -0.15) is 5.26 Å². The van der Waals surface area contributed by atoms with Crippen LogP contribution in [0.25, 0.3) is 10.9 Å². The molecule has 0 radical (unpaired) electrons. The van der Waals surface area contributed by atoms with Crippen molar-refractivity contribution in [2.75, 3.05) is 0 Å². The first kappa shape index (κ1) is 9.67. The molecule has 2 rings (SSSR count). The van der Waals surface area contributed by atoms with E-state index in [2.05, 4.69) is 24.9 Å². The summed E-state index contributed by atoms with van der Waals surface area (Å²) in [6.07, 6.45) is 0. The van der Waals surface area contributed by atoms with Crippen LogP contribution in [0.3, 0.4) is 0 Å². The smallest absolute Gasteiger partial charge is 0.0999 e. The number of aromatic nitrogens is 1. The number of rotatable bonds is 0. The number of pyridine rings is 1. The number of nitriles is 1. The second kappa shape index (κ2) is 3.36. The molecule has 15 heavy (non-hydrogen) atoms. The monoisotopic (exact) mass is 196 g/mol. The van der Waals surface area contributed by atoms with E-state index in [-0.39, 0.29) is 0 Å². The van der Waals surface area contributed by atoms with Crippen molar-refractivity contribution in [2.45, 2.75) is 20.8 Å². The van der Waals surface area contributed by atoms with Crippen molar-refractivity contribution in [1.82, 2.24) is 4.98 Å². The summed E-state index contributed by atoms with van der Waals surface area (Å²) in [5.41, 5.74) is 4.92. The zero-order valence-electron chi connectivity index (χ0n) is 9.13. The fourth-order valence-corrected chi connectivity index (χ4v) is 1.71. The lowest BCUT2D eigenvalue weighted by molar-refractivity contribution is 1.23. The molecule has 0 atom stereocenters. The van der Waals surface area contributed by atoms with Gasteiger partial charge in [0.15, 0.2) is 0 Å². The molecule has 1 aromatic carbocycles. The highest BCUT2D eigenvalue weighted by molar-refractivity contribution is 5.86. The van der Waals surface area contributed by atoms with Crippen LogP contribution in [-0.4, -0.2) is 4.98 Å². The van der Waals surface area contributed by atoms with Crippen molar-refractivity contribution in [2.24, 2.45) is 0 Å². The maximum atomic E-state index is 9.04. The molecule has 1 heterocycles. The van der Waals surface area contributed by atoms with E-state index in [1.54, 1.807) is 0 Å². The first-order valence-electron chi connectivity index (χ1n) is 4.90. The van der Waals surface area contributed by atoms with E-state index in [0.717, 1.165) is 16.6 Å². The molecule has 0 amide bonds. The van der Waals surface area contributed by atoms with E-state index in [1.807, 2.05) is 25.1 Å². The molecule has 1 aromatic heterocycles. The number of hydrogen-bond acceptors (Lipinski definition) is 2. The molecular formula is C13H12N2. The summed E-state index contributed by atoms with van der Waals surface area (Å²) in [5, 5.41) is 9.99. The van der Waals surface area contributed by atoms with Gasteiger partial charge in [-0.15, -0.1) is 0 Å². The lowest BCUT2D eigenvalue weighted by Gasteiger charge is -2.05. The van der Waals surface area contributed by atoms with Crippen LogP contribution in [0.4, 0.5) is 0 Å². The molecule has 74 valence electrons. The van der Waals surface area contributed by atoms with Gasteiger partial charge in [-0.1, -0.05) is 0 Å². The van der Waals surface area contributed by atoms with E-state index in [0.29, 0.717) is 5.56 Å². The van der Waals surface area contributed by atoms with Gasteiger partial charge in [-0.3, -0.25) is 4.98 Å². The maximum Gasteiger partial charge on any atom is 0.0999 e. The SMILES string of the molecule is Cc1cc(C#N)c2cc(C)c(C)cc2n1. The molecule has 2 heteroatoms. The Bertz CT molecular complexity index is 577. The third-order valence-electron chi connectivity index (χ3n) is 2.67. The normalized spacial score (nSPS) is 10.3. The third kappa shape index (κ3) is 1.57. The van der Waals surface area contributed by atoms with E-state index in [4.69, 9.17) is 5.26 Å². The lowest BCUT2D eigenvalue weighted by atomic mass is 10.0. The van der Waals surface area contributed by atoms with Crippen molar-refractivity contribution in [3.63, 3.8) is 0 Å². The summed E-state index contributed by atoms with van der Waals surface area (Å²) >= 11 is 0. The van der Waals surface area contributed by atoms with Gasteiger partial charge >= 0.3 is 0 Å². The molecule has 0 unspecified atom stereocenters. The molecule has 0 aliphatic carbocycles. The van der Waals surface area contributed by atoms with Crippen LogP contribution in [0.2, 0.25) is 0 Å². The second-order valence-corrected chi connectivity index (χ2v) is 3.88. The minimum atomic E-state index is 0.709. The van der Waals surface area contributed by atoms with Crippen LogP contribution in [0.5, 0.6) is 0 Å². The quantitative estimate of drug-likeness (QED) is 0.649. The number of hydrogen-bond donors (Lipinski definition) is 0. The number of aryl methyl sites for hydroxylation is 3. The van der Waals surface area contributed by atoms with E-state index in [9.17, 15) is 0 Å². The summed E-state index contributed by atoms with van der Waals surface area (Å²) < 4.78 is 0. The Balaban J connectivity index is 2.92. The Kier molecular flexibility index (Phi) is 2.17. The molecule has 0 N–H and O–H groups in total. The van der Waals surface area contributed by atoms with Gasteiger partial charge in [0.1, 0.15) is 0 Å². The van der Waals surface area contributed by atoms with Crippen molar-refractivity contribution in [3.05, 3.63) is 40.6 Å². The van der Waals surface area contributed by atoms with Crippen LogP contribution >= 0.6 is 0 Å². The van der Waals surface area contributed by atoms with Crippen molar-refractivity contribution in [3.8, 4) is 6.07 Å². The van der Waals surface area contributed by atoms with Gasteiger partial charge in [-0.25, -0.2) is 0 Å². The second-order valence-electron chi connectivity index (χ2n) is 3.88. The first-order valence-corrected chi connectivity index (χ1v) is 4.90. The van der Waals surface area contributed by atoms with Crippen LogP contribution in [0.15, 0.2) is 18.2 Å². The van der Waals surface area contributed by atoms with E-state index in [1.165, 1.54) is 11.1 Å². The summed E-state index contributed by atoms with van der Waals surface area (Å²) in [4.78, 5) is 4.44. The molecule has 0 bridgehead atoms. The third-order valence-corrected chi connectivity index (χ3v) is 2.67. The first-order chi connectivity index (χ1) is 7.11. The van der Waals surface area contributed by atoms with Crippen LogP contribution < -0.4 is 0 Å². The predicted molar refractivity (Wildman–Crippen MR) is 60.7 cm³/mol. The standard InChI is InChI=1S/C13H12N2/c1-8-4-12-11(7-14)6-10(3)15-13(12)5-9(8)2/h4-6H,1-3H3. The van der Waals surface area contributed by atoms with Crippen LogP contribution in [0, 0.1) is 32.1 Å². The number of fused-ring (bicyclic) bond motifs is 1. The van der Waals surface area contributed by atoms with Gasteiger partial charge in [0.05, 0.1) is 17.1 Å². The molecule has 0 aliphatic rings. The minimum Gasteiger partial charge on any atom is -0.253 e. The highest BCUT2D eigenvalue weighted by Crippen LogP contribution is 2.21. The van der Waals surface area contributed by atoms with Crippen LogP contribution in [0.1, 0.15) is 22.4 Å². The Labute approximate surface area is 89.2 Å². The molecule has 2 aromatic rings. The highest BCUT2D eigenvalue weighted by atomic mass is 14.7. The van der Waals surface area contributed by atoms with Gasteiger partial charge in [0.25, 0.3) is 0 Å². The van der Waals surface area contributed by atoms with Crippen molar-refractivity contribution in [1.29, 1.82) is 5.26 Å². The molecular weight excluding hydrogens is 184 g/mol. The predicted octanol–water partition coefficient (Wildman–Crippen LogP) is 3.03. The molecule has 2 nitrogen and oxygen atoms in total. The molecule has 0 spiro atoms. The Hall–Kier alpha value is -1.88. The van der Waals surface area contributed by atoms with Crippen LogP contribution in [-0.2, 0) is 0 Å². The van der Waals surface area contributed by atoms with Crippen molar-refractivity contribution < 1.29 is 0 Å². The average molecular weight is 196 g/mol. The van der Waals surface area contributed by atoms with E-state index >= 15 is 0 Å². The summed E-state index contributed by atoms with van der Waals surface area (Å²) in [7, 11) is 0. The van der Waals surface area contributed by atoms with Gasteiger partial charge in [-0.05, 0) is 50.1 Å². The van der Waals surface area contributed by atoms with Crippen molar-refractivity contribution >= 4 is 10.9 Å². The van der Waals surface area contributed by atoms with Gasteiger partial charge in [0.2, 0.25) is 0 Å². The van der Waals surface area contributed by atoms with E-state index < -0.39 is 0 Å². The molecule has 0 fully saturated rings. The summed E-state index contributed by atoms with van der Waals surface area (Å²) in [5.74, 6) is 0. The maximum absolute atomic E-state index is 9.04. The largest absolute Gasteiger partial charge is 0.253 e. The Morgan fingerprint density at radius 3 is 2.40 bits per heavy atom. The molecule has 0 saturated carbocycles. The minimum absolute atomic E-state index is 0.709. The Morgan fingerprint density at radius 1 is 1.07 bits per heavy atom. The number of benzene rings is 1. The zero-order chi connectivity index (χ0) is 11.0. The lowest BCUT2D eigenvalue weighted by Crippen LogP contribution is -1.91. The summed E-state index contributed by atoms with van der Waals surface area (Å²) in [6, 6.07) is 8.13. The molecule has 0 saturated heterocycles. The fourth-order valence-electron chi connectivity index (χ4n) is 1.71. The zero-order valence-corrected chi connectivity index (χ0v) is 9.13. The Morgan fingerprint density at radius 2 is 1.73 bits per heavy atom. The van der Waals surface area contributed by atoms with Gasteiger partial charge < -0.3 is 0 Å².